The number of sulfonamides is 1. The summed E-state index contributed by atoms with van der Waals surface area (Å²) in [6.45, 7) is 2.23. The first kappa shape index (κ1) is 14.0. The van der Waals surface area contributed by atoms with E-state index in [0.717, 1.165) is 12.3 Å². The van der Waals surface area contributed by atoms with Crippen LogP contribution in [0.2, 0.25) is 0 Å². The van der Waals surface area contributed by atoms with Crippen molar-refractivity contribution in [2.24, 2.45) is 5.92 Å². The fourth-order valence-corrected chi connectivity index (χ4v) is 3.50. The molecular formula is C11H16N2O5S. The van der Waals surface area contributed by atoms with Crippen LogP contribution in [0.15, 0.2) is 17.2 Å². The number of carboxylic acids is 1. The van der Waals surface area contributed by atoms with Crippen LogP contribution in [0.25, 0.3) is 0 Å². The van der Waals surface area contributed by atoms with E-state index in [4.69, 9.17) is 5.11 Å². The molecule has 3 N–H and O–H groups in total. The van der Waals surface area contributed by atoms with Crippen LogP contribution in [-0.4, -0.2) is 53.1 Å². The van der Waals surface area contributed by atoms with Crippen LogP contribution in [0.5, 0.6) is 0 Å². The Balaban J connectivity index is 2.24. The molecule has 8 heteroatoms. The molecule has 0 radical (unpaired) electrons. The number of carbonyl (C=O) groups is 1. The maximum Gasteiger partial charge on any atom is 0.352 e. The third-order valence-electron chi connectivity index (χ3n) is 3.41. The largest absolute Gasteiger partial charge is 0.477 e. The Labute approximate surface area is 110 Å². The summed E-state index contributed by atoms with van der Waals surface area (Å²) < 4.78 is 25.7. The van der Waals surface area contributed by atoms with E-state index in [-0.39, 0.29) is 23.1 Å². The first-order chi connectivity index (χ1) is 8.82. The van der Waals surface area contributed by atoms with Crippen LogP contribution in [0.1, 0.15) is 23.8 Å². The molecule has 7 nitrogen and oxygen atoms in total. The van der Waals surface area contributed by atoms with Gasteiger partial charge in [-0.05, 0) is 18.4 Å². The quantitative estimate of drug-likeness (QED) is 0.730. The fraction of sp³-hybridized carbons (Fsp3) is 0.545. The molecule has 2 rings (SSSR count). The van der Waals surface area contributed by atoms with Gasteiger partial charge < -0.3 is 15.2 Å². The van der Waals surface area contributed by atoms with Gasteiger partial charge in [0.1, 0.15) is 10.6 Å². The lowest BCUT2D eigenvalue weighted by Crippen LogP contribution is -2.45. The van der Waals surface area contributed by atoms with E-state index in [1.54, 1.807) is 0 Å². The number of piperidine rings is 1. The second-order valence-corrected chi connectivity index (χ2v) is 6.69. The number of aromatic nitrogens is 1. The van der Waals surface area contributed by atoms with Gasteiger partial charge in [-0.3, -0.25) is 0 Å². The molecule has 0 amide bonds. The molecule has 106 valence electrons. The Morgan fingerprint density at radius 1 is 1.53 bits per heavy atom. The second kappa shape index (κ2) is 4.95. The normalized spacial score (nSPS) is 25.4. The lowest BCUT2D eigenvalue weighted by atomic mass is 9.98. The minimum atomic E-state index is -3.75. The highest BCUT2D eigenvalue weighted by Gasteiger charge is 2.33. The molecule has 2 atom stereocenters. The highest BCUT2D eigenvalue weighted by atomic mass is 32.2. The van der Waals surface area contributed by atoms with Gasteiger partial charge in [0.15, 0.2) is 0 Å². The smallest absolute Gasteiger partial charge is 0.352 e. The Bertz CT molecular complexity index is 580. The summed E-state index contributed by atoms with van der Waals surface area (Å²) in [6.07, 6.45) is 1.04. The van der Waals surface area contributed by atoms with Gasteiger partial charge in [0.05, 0.1) is 6.10 Å². The predicted octanol–water partition coefficient (Wildman–Crippen LogP) is 0.104. The molecule has 0 aromatic carbocycles. The zero-order chi connectivity index (χ0) is 14.2. The molecule has 2 heterocycles. The van der Waals surface area contributed by atoms with Crippen molar-refractivity contribution in [3.8, 4) is 0 Å². The maximum absolute atomic E-state index is 12.3. The van der Waals surface area contributed by atoms with Gasteiger partial charge in [0.2, 0.25) is 10.0 Å². The number of hydrogen-bond acceptors (Lipinski definition) is 4. The summed E-state index contributed by atoms with van der Waals surface area (Å²) in [4.78, 5) is 13.0. The number of aliphatic hydroxyl groups is 1. The van der Waals surface area contributed by atoms with Crippen molar-refractivity contribution in [3.05, 3.63) is 18.0 Å². The van der Waals surface area contributed by atoms with E-state index < -0.39 is 22.1 Å². The topological polar surface area (TPSA) is 111 Å². The van der Waals surface area contributed by atoms with Gasteiger partial charge in [-0.25, -0.2) is 13.2 Å². The minimum Gasteiger partial charge on any atom is -0.477 e. The number of β-amino-alcohol motifs (C(OH)–C–C–N with tert-alkyl or cyclic N) is 1. The summed E-state index contributed by atoms with van der Waals surface area (Å²) in [5.74, 6) is -1.15. The molecule has 1 aliphatic rings. The number of aromatic amines is 1. The third-order valence-corrected chi connectivity index (χ3v) is 5.25. The molecule has 0 saturated carbocycles. The molecule has 19 heavy (non-hydrogen) atoms. The highest BCUT2D eigenvalue weighted by Crippen LogP contribution is 2.24. The summed E-state index contributed by atoms with van der Waals surface area (Å²) in [6, 6.07) is 1.09. The van der Waals surface area contributed by atoms with E-state index in [2.05, 4.69) is 4.98 Å². The van der Waals surface area contributed by atoms with Crippen molar-refractivity contribution in [3.63, 3.8) is 0 Å². The summed E-state index contributed by atoms with van der Waals surface area (Å²) in [5, 5.41) is 18.5. The molecular weight excluding hydrogens is 272 g/mol. The molecule has 1 saturated heterocycles. The van der Waals surface area contributed by atoms with E-state index in [1.807, 2.05) is 6.92 Å². The first-order valence-electron chi connectivity index (χ1n) is 5.92. The number of rotatable bonds is 3. The Hall–Kier alpha value is -1.38. The van der Waals surface area contributed by atoms with E-state index >= 15 is 0 Å². The van der Waals surface area contributed by atoms with Crippen molar-refractivity contribution in [1.29, 1.82) is 0 Å². The van der Waals surface area contributed by atoms with E-state index in [0.29, 0.717) is 13.0 Å². The van der Waals surface area contributed by atoms with Crippen molar-refractivity contribution >= 4 is 16.0 Å². The Kier molecular flexibility index (Phi) is 3.66. The van der Waals surface area contributed by atoms with Crippen LogP contribution < -0.4 is 0 Å². The molecule has 1 aromatic heterocycles. The second-order valence-electron chi connectivity index (χ2n) is 4.75. The van der Waals surface area contributed by atoms with Gasteiger partial charge in [-0.1, -0.05) is 6.92 Å². The van der Waals surface area contributed by atoms with E-state index in [1.165, 1.54) is 4.31 Å². The SMILES string of the molecule is CC1CCN(S(=O)(=O)c2c[nH]c(C(=O)O)c2)CC1O. The molecule has 0 bridgehead atoms. The molecule has 1 aromatic rings. The number of hydrogen-bond donors (Lipinski definition) is 3. The monoisotopic (exact) mass is 288 g/mol. The number of nitrogens with zero attached hydrogens (tertiary/aromatic N) is 1. The average molecular weight is 288 g/mol. The zero-order valence-electron chi connectivity index (χ0n) is 10.4. The number of carboxylic acid groups (broad SMARTS) is 1. The predicted molar refractivity (Wildman–Crippen MR) is 66.3 cm³/mol. The minimum absolute atomic E-state index is 0.0388. The van der Waals surface area contributed by atoms with Crippen molar-refractivity contribution in [2.75, 3.05) is 13.1 Å². The van der Waals surface area contributed by atoms with Gasteiger partial charge >= 0.3 is 5.97 Å². The van der Waals surface area contributed by atoms with Gasteiger partial charge in [-0.15, -0.1) is 0 Å². The van der Waals surface area contributed by atoms with Crippen LogP contribution >= 0.6 is 0 Å². The molecule has 1 aliphatic heterocycles. The van der Waals surface area contributed by atoms with Gasteiger partial charge in [0.25, 0.3) is 0 Å². The molecule has 0 aliphatic carbocycles. The maximum atomic E-state index is 12.3. The van der Waals surface area contributed by atoms with Crippen molar-refractivity contribution in [2.45, 2.75) is 24.3 Å². The molecule has 1 fully saturated rings. The lowest BCUT2D eigenvalue weighted by molar-refractivity contribution is 0.0605. The lowest BCUT2D eigenvalue weighted by Gasteiger charge is -2.33. The highest BCUT2D eigenvalue weighted by molar-refractivity contribution is 7.89. The number of nitrogens with one attached hydrogen (secondary N) is 1. The van der Waals surface area contributed by atoms with Crippen molar-refractivity contribution < 1.29 is 23.4 Å². The van der Waals surface area contributed by atoms with Gasteiger partial charge in [-0.2, -0.15) is 4.31 Å². The zero-order valence-corrected chi connectivity index (χ0v) is 11.2. The Morgan fingerprint density at radius 2 is 2.21 bits per heavy atom. The number of H-pyrrole nitrogens is 1. The van der Waals surface area contributed by atoms with E-state index in [9.17, 15) is 18.3 Å². The molecule has 2 unspecified atom stereocenters. The third kappa shape index (κ3) is 2.65. The van der Waals surface area contributed by atoms with Crippen LogP contribution in [0.4, 0.5) is 0 Å². The number of aliphatic hydroxyl groups excluding tert-OH is 1. The fourth-order valence-electron chi connectivity index (χ4n) is 2.03. The summed E-state index contributed by atoms with van der Waals surface area (Å²) in [7, 11) is -3.75. The van der Waals surface area contributed by atoms with Crippen LogP contribution in [0.3, 0.4) is 0 Å². The standard InChI is InChI=1S/C11H16N2O5S/c1-7-2-3-13(6-10(7)14)19(17,18)8-4-9(11(15)16)12-5-8/h4-5,7,10,12,14H,2-3,6H2,1H3,(H,15,16). The number of aromatic carboxylic acids is 1. The average Bonchev–Trinajstić information content (AvgIpc) is 2.82. The van der Waals surface area contributed by atoms with Gasteiger partial charge in [0, 0.05) is 19.3 Å². The Morgan fingerprint density at radius 3 is 2.74 bits per heavy atom. The molecule has 0 spiro atoms. The first-order valence-corrected chi connectivity index (χ1v) is 7.36. The van der Waals surface area contributed by atoms with Crippen LogP contribution in [0, 0.1) is 5.92 Å². The summed E-state index contributed by atoms with van der Waals surface area (Å²) in [5.41, 5.74) is -0.176. The van der Waals surface area contributed by atoms with Crippen molar-refractivity contribution in [1.82, 2.24) is 9.29 Å². The summed E-state index contributed by atoms with van der Waals surface area (Å²) >= 11 is 0. The van der Waals surface area contributed by atoms with Crippen LogP contribution in [-0.2, 0) is 10.0 Å².